The second-order valence-electron chi connectivity index (χ2n) is 2.61. The Morgan fingerprint density at radius 3 is 2.33 bits per heavy atom. The summed E-state index contributed by atoms with van der Waals surface area (Å²) in [5, 5.41) is 12.7. The number of halogens is 1. The monoisotopic (exact) mass is 149 g/mol. The molecule has 3 heteroatoms. The van der Waals surface area contributed by atoms with Gasteiger partial charge in [-0.2, -0.15) is 0 Å². The van der Waals surface area contributed by atoms with E-state index in [-0.39, 0.29) is 0 Å². The Hall–Kier alpha value is 0.210. The fourth-order valence-electron chi connectivity index (χ4n) is 1.03. The van der Waals surface area contributed by atoms with E-state index in [1.165, 1.54) is 0 Å². The van der Waals surface area contributed by atoms with E-state index in [1.54, 1.807) is 0 Å². The first-order valence-corrected chi connectivity index (χ1v) is 3.79. The molecule has 2 N–H and O–H groups in total. The molecule has 1 heterocycles. The van der Waals surface area contributed by atoms with E-state index in [2.05, 4.69) is 5.32 Å². The first kappa shape index (κ1) is 7.32. The summed E-state index contributed by atoms with van der Waals surface area (Å²) in [5.41, 5.74) is -0.577. The van der Waals surface area contributed by atoms with Gasteiger partial charge in [0.25, 0.3) is 0 Å². The van der Waals surface area contributed by atoms with Gasteiger partial charge in [0, 0.05) is 0 Å². The standard InChI is InChI=1S/C6H12ClNO/c7-5-6(9)1-3-8-4-2-6/h8-9H,1-5H2. The summed E-state index contributed by atoms with van der Waals surface area (Å²) in [6, 6.07) is 0. The maximum Gasteiger partial charge on any atom is 0.0806 e. The predicted molar refractivity (Wildman–Crippen MR) is 37.8 cm³/mol. The van der Waals surface area contributed by atoms with E-state index in [0.717, 1.165) is 25.9 Å². The lowest BCUT2D eigenvalue weighted by Gasteiger charge is -2.30. The quantitative estimate of drug-likeness (QED) is 0.527. The van der Waals surface area contributed by atoms with Gasteiger partial charge in [-0.15, -0.1) is 11.6 Å². The van der Waals surface area contributed by atoms with E-state index in [0.29, 0.717) is 5.88 Å². The summed E-state index contributed by atoms with van der Waals surface area (Å²) in [6.45, 7) is 1.78. The van der Waals surface area contributed by atoms with Crippen molar-refractivity contribution in [3.8, 4) is 0 Å². The van der Waals surface area contributed by atoms with Gasteiger partial charge in [-0.05, 0) is 25.9 Å². The predicted octanol–water partition coefficient (Wildman–Crippen LogP) is 0.340. The molecule has 0 spiro atoms. The van der Waals surface area contributed by atoms with E-state index < -0.39 is 5.60 Å². The van der Waals surface area contributed by atoms with Crippen LogP contribution in [-0.4, -0.2) is 29.7 Å². The molecule has 1 fully saturated rings. The average molecular weight is 150 g/mol. The third-order valence-electron chi connectivity index (χ3n) is 1.78. The molecular weight excluding hydrogens is 138 g/mol. The zero-order valence-corrected chi connectivity index (χ0v) is 6.12. The summed E-state index contributed by atoms with van der Waals surface area (Å²) in [7, 11) is 0. The van der Waals surface area contributed by atoms with Crippen LogP contribution in [0.15, 0.2) is 0 Å². The van der Waals surface area contributed by atoms with Crippen LogP contribution in [0.25, 0.3) is 0 Å². The number of nitrogens with one attached hydrogen (secondary N) is 1. The van der Waals surface area contributed by atoms with Crippen LogP contribution in [0.2, 0.25) is 0 Å². The summed E-state index contributed by atoms with van der Waals surface area (Å²) < 4.78 is 0. The Labute approximate surface area is 60.2 Å². The summed E-state index contributed by atoms with van der Waals surface area (Å²) in [6.07, 6.45) is 1.58. The molecule has 2 nitrogen and oxygen atoms in total. The van der Waals surface area contributed by atoms with Gasteiger partial charge in [0.05, 0.1) is 11.5 Å². The van der Waals surface area contributed by atoms with Gasteiger partial charge in [0.15, 0.2) is 0 Å². The third kappa shape index (κ3) is 1.81. The maximum absolute atomic E-state index is 9.51. The van der Waals surface area contributed by atoms with Crippen molar-refractivity contribution in [1.29, 1.82) is 0 Å². The van der Waals surface area contributed by atoms with Crippen molar-refractivity contribution >= 4 is 11.6 Å². The number of alkyl halides is 1. The molecule has 54 valence electrons. The molecular formula is C6H12ClNO. The van der Waals surface area contributed by atoms with Crippen molar-refractivity contribution in [3.63, 3.8) is 0 Å². The van der Waals surface area contributed by atoms with Gasteiger partial charge in [-0.3, -0.25) is 0 Å². The fraction of sp³-hybridized carbons (Fsp3) is 1.00. The van der Waals surface area contributed by atoms with E-state index >= 15 is 0 Å². The highest BCUT2D eigenvalue weighted by atomic mass is 35.5. The molecule has 0 aromatic rings. The lowest BCUT2D eigenvalue weighted by Crippen LogP contribution is -2.43. The molecule has 0 aromatic heterocycles. The number of piperidine rings is 1. The molecule has 1 aliphatic rings. The summed E-state index contributed by atoms with van der Waals surface area (Å²) in [5.74, 6) is 0.370. The molecule has 0 bridgehead atoms. The van der Waals surface area contributed by atoms with Crippen LogP contribution >= 0.6 is 11.6 Å². The Morgan fingerprint density at radius 2 is 2.00 bits per heavy atom. The smallest absolute Gasteiger partial charge is 0.0806 e. The van der Waals surface area contributed by atoms with Gasteiger partial charge in [-0.25, -0.2) is 0 Å². The Balaban J connectivity index is 2.37. The first-order chi connectivity index (χ1) is 4.27. The highest BCUT2D eigenvalue weighted by molar-refractivity contribution is 6.18. The fourth-order valence-corrected chi connectivity index (χ4v) is 1.29. The highest BCUT2D eigenvalue weighted by Gasteiger charge is 2.27. The second-order valence-corrected chi connectivity index (χ2v) is 2.88. The Bertz CT molecular complexity index is 91.1. The number of hydrogen-bond acceptors (Lipinski definition) is 2. The van der Waals surface area contributed by atoms with Crippen LogP contribution in [0, 0.1) is 0 Å². The second kappa shape index (κ2) is 2.86. The molecule has 9 heavy (non-hydrogen) atoms. The van der Waals surface area contributed by atoms with Gasteiger partial charge in [-0.1, -0.05) is 0 Å². The first-order valence-electron chi connectivity index (χ1n) is 3.26. The minimum Gasteiger partial charge on any atom is -0.389 e. The molecule has 0 atom stereocenters. The number of rotatable bonds is 1. The van der Waals surface area contributed by atoms with Crippen molar-refractivity contribution in [2.75, 3.05) is 19.0 Å². The maximum atomic E-state index is 9.51. The van der Waals surface area contributed by atoms with Crippen molar-refractivity contribution in [2.24, 2.45) is 0 Å². The minimum absolute atomic E-state index is 0.370. The Morgan fingerprint density at radius 1 is 1.44 bits per heavy atom. The van der Waals surface area contributed by atoms with Crippen LogP contribution in [0.3, 0.4) is 0 Å². The van der Waals surface area contributed by atoms with Crippen LogP contribution in [0.5, 0.6) is 0 Å². The molecule has 0 saturated carbocycles. The highest BCUT2D eigenvalue weighted by Crippen LogP contribution is 2.18. The lowest BCUT2D eigenvalue weighted by molar-refractivity contribution is 0.0326. The van der Waals surface area contributed by atoms with E-state index in [4.69, 9.17) is 11.6 Å². The summed E-state index contributed by atoms with van der Waals surface area (Å²) in [4.78, 5) is 0. The minimum atomic E-state index is -0.577. The van der Waals surface area contributed by atoms with E-state index in [1.807, 2.05) is 0 Å². The summed E-state index contributed by atoms with van der Waals surface area (Å²) >= 11 is 5.54. The Kier molecular flexibility index (Phi) is 2.33. The van der Waals surface area contributed by atoms with Gasteiger partial charge in [0.2, 0.25) is 0 Å². The van der Waals surface area contributed by atoms with Gasteiger partial charge >= 0.3 is 0 Å². The molecule has 1 rings (SSSR count). The normalized spacial score (nSPS) is 26.0. The topological polar surface area (TPSA) is 32.3 Å². The third-order valence-corrected chi connectivity index (χ3v) is 2.28. The van der Waals surface area contributed by atoms with Crippen molar-refractivity contribution in [3.05, 3.63) is 0 Å². The number of hydrogen-bond donors (Lipinski definition) is 2. The molecule has 0 aliphatic carbocycles. The SMILES string of the molecule is OC1(CCl)CCNCC1. The molecule has 1 saturated heterocycles. The molecule has 1 aliphatic heterocycles. The van der Waals surface area contributed by atoms with Crippen LogP contribution in [-0.2, 0) is 0 Å². The van der Waals surface area contributed by atoms with Gasteiger partial charge < -0.3 is 10.4 Å². The van der Waals surface area contributed by atoms with Crippen LogP contribution in [0.4, 0.5) is 0 Å². The van der Waals surface area contributed by atoms with Crippen molar-refractivity contribution < 1.29 is 5.11 Å². The zero-order chi connectivity index (χ0) is 6.74. The zero-order valence-electron chi connectivity index (χ0n) is 5.36. The van der Waals surface area contributed by atoms with Gasteiger partial charge in [0.1, 0.15) is 0 Å². The number of aliphatic hydroxyl groups is 1. The van der Waals surface area contributed by atoms with Crippen molar-refractivity contribution in [2.45, 2.75) is 18.4 Å². The van der Waals surface area contributed by atoms with Crippen molar-refractivity contribution in [1.82, 2.24) is 5.32 Å². The largest absolute Gasteiger partial charge is 0.389 e. The van der Waals surface area contributed by atoms with Crippen LogP contribution < -0.4 is 5.32 Å². The molecule has 0 amide bonds. The molecule has 0 unspecified atom stereocenters. The lowest BCUT2D eigenvalue weighted by atomic mass is 9.95. The average Bonchev–Trinajstić information content (AvgIpc) is 1.90. The molecule has 0 radical (unpaired) electrons. The molecule has 0 aromatic carbocycles. The van der Waals surface area contributed by atoms with E-state index in [9.17, 15) is 5.11 Å². The van der Waals surface area contributed by atoms with Crippen LogP contribution in [0.1, 0.15) is 12.8 Å².